The van der Waals surface area contributed by atoms with Gasteiger partial charge in [0.15, 0.2) is 5.75 Å². The van der Waals surface area contributed by atoms with E-state index in [2.05, 4.69) is 5.32 Å². The van der Waals surface area contributed by atoms with Crippen LogP contribution in [-0.4, -0.2) is 17.1 Å². The molecule has 0 aliphatic rings. The number of carbonyl (C=O) groups is 2. The second kappa shape index (κ2) is 6.53. The molecule has 0 atom stereocenters. The number of aliphatic hydroxyl groups excluding tert-OH is 1. The lowest BCUT2D eigenvalue weighted by Crippen LogP contribution is -2.18. The lowest BCUT2D eigenvalue weighted by molar-refractivity contribution is 0.102. The quantitative estimate of drug-likeness (QED) is 0.798. The van der Waals surface area contributed by atoms with Gasteiger partial charge >= 0.3 is 6.09 Å². The molecule has 21 heavy (non-hydrogen) atoms. The average Bonchev–Trinajstić information content (AvgIpc) is 2.49. The summed E-state index contributed by atoms with van der Waals surface area (Å²) in [5.41, 5.74) is 6.44. The van der Waals surface area contributed by atoms with Crippen LogP contribution in [0.5, 0.6) is 5.75 Å². The van der Waals surface area contributed by atoms with Crippen LogP contribution in [0.2, 0.25) is 0 Å². The number of carbonyl (C=O) groups excluding carboxylic acids is 2. The molecule has 0 radical (unpaired) electrons. The summed E-state index contributed by atoms with van der Waals surface area (Å²) >= 11 is 0. The van der Waals surface area contributed by atoms with E-state index in [1.54, 1.807) is 42.5 Å². The molecule has 0 fully saturated rings. The normalized spacial score (nSPS) is 9.95. The van der Waals surface area contributed by atoms with Crippen molar-refractivity contribution in [2.75, 3.05) is 5.32 Å². The maximum atomic E-state index is 12.1. The Morgan fingerprint density at radius 3 is 2.38 bits per heavy atom. The first-order valence-electron chi connectivity index (χ1n) is 6.17. The molecular formula is C15H14N2O4. The SMILES string of the molecule is NC(=O)Oc1ccccc1NC(=O)c1ccc(CO)cc1. The highest BCUT2D eigenvalue weighted by Gasteiger charge is 2.11. The van der Waals surface area contributed by atoms with Gasteiger partial charge in [-0.05, 0) is 29.8 Å². The number of hydrogen-bond donors (Lipinski definition) is 3. The first-order valence-corrected chi connectivity index (χ1v) is 6.17. The zero-order valence-electron chi connectivity index (χ0n) is 11.1. The van der Waals surface area contributed by atoms with Crippen LogP contribution in [0.25, 0.3) is 0 Å². The Morgan fingerprint density at radius 2 is 1.76 bits per heavy atom. The van der Waals surface area contributed by atoms with Gasteiger partial charge in [-0.1, -0.05) is 24.3 Å². The number of benzene rings is 2. The summed E-state index contributed by atoms with van der Waals surface area (Å²) in [6.07, 6.45) is -0.955. The van der Waals surface area contributed by atoms with Crippen LogP contribution in [0.4, 0.5) is 10.5 Å². The Labute approximate surface area is 121 Å². The van der Waals surface area contributed by atoms with Gasteiger partial charge in [0.25, 0.3) is 5.91 Å². The van der Waals surface area contributed by atoms with Crippen molar-refractivity contribution in [1.82, 2.24) is 0 Å². The zero-order chi connectivity index (χ0) is 15.2. The minimum Gasteiger partial charge on any atom is -0.408 e. The Balaban J connectivity index is 2.17. The van der Waals surface area contributed by atoms with Gasteiger partial charge in [-0.2, -0.15) is 0 Å². The van der Waals surface area contributed by atoms with Crippen LogP contribution in [0.3, 0.4) is 0 Å². The molecule has 4 N–H and O–H groups in total. The fourth-order valence-corrected chi connectivity index (χ4v) is 1.72. The summed E-state index contributed by atoms with van der Waals surface area (Å²) in [4.78, 5) is 22.9. The van der Waals surface area contributed by atoms with Gasteiger partial charge in [-0.25, -0.2) is 4.79 Å². The van der Waals surface area contributed by atoms with Crippen LogP contribution in [0.15, 0.2) is 48.5 Å². The lowest BCUT2D eigenvalue weighted by Gasteiger charge is -2.10. The smallest absolute Gasteiger partial charge is 0.408 e. The van der Waals surface area contributed by atoms with Crippen LogP contribution < -0.4 is 15.8 Å². The predicted octanol–water partition coefficient (Wildman–Crippen LogP) is 1.89. The zero-order valence-corrected chi connectivity index (χ0v) is 11.1. The first-order chi connectivity index (χ1) is 10.1. The molecule has 108 valence electrons. The van der Waals surface area contributed by atoms with Gasteiger partial charge in [0, 0.05) is 5.56 Å². The Kier molecular flexibility index (Phi) is 4.53. The number of para-hydroxylation sites is 2. The summed E-state index contributed by atoms with van der Waals surface area (Å²) in [7, 11) is 0. The third kappa shape index (κ3) is 3.80. The number of nitrogens with one attached hydrogen (secondary N) is 1. The molecule has 0 bridgehead atoms. The molecule has 0 spiro atoms. The Morgan fingerprint density at radius 1 is 1.10 bits per heavy atom. The Hall–Kier alpha value is -2.86. The number of aliphatic hydroxyl groups is 1. The Bertz CT molecular complexity index is 653. The minimum absolute atomic E-state index is 0.0861. The maximum absolute atomic E-state index is 12.1. The van der Waals surface area contributed by atoms with Crippen molar-refractivity contribution >= 4 is 17.7 Å². The summed E-state index contributed by atoms with van der Waals surface area (Å²) < 4.78 is 4.81. The molecule has 2 rings (SSSR count). The summed E-state index contributed by atoms with van der Waals surface area (Å²) in [6, 6.07) is 13.0. The molecule has 0 heterocycles. The van der Waals surface area contributed by atoms with Crippen molar-refractivity contribution in [3.63, 3.8) is 0 Å². The summed E-state index contributed by atoms with van der Waals surface area (Å²) in [5, 5.41) is 11.6. The highest BCUT2D eigenvalue weighted by molar-refractivity contribution is 6.05. The van der Waals surface area contributed by atoms with Crippen LogP contribution in [0.1, 0.15) is 15.9 Å². The van der Waals surface area contributed by atoms with Crippen molar-refractivity contribution in [2.45, 2.75) is 6.61 Å². The number of hydrogen-bond acceptors (Lipinski definition) is 4. The molecule has 2 aromatic rings. The van der Waals surface area contributed by atoms with Gasteiger partial charge in [-0.15, -0.1) is 0 Å². The fraction of sp³-hybridized carbons (Fsp3) is 0.0667. The monoisotopic (exact) mass is 286 g/mol. The average molecular weight is 286 g/mol. The largest absolute Gasteiger partial charge is 0.410 e. The maximum Gasteiger partial charge on any atom is 0.410 e. The number of ether oxygens (including phenoxy) is 1. The third-order valence-corrected chi connectivity index (χ3v) is 2.74. The molecule has 0 saturated carbocycles. The summed E-state index contributed by atoms with van der Waals surface area (Å²) in [5.74, 6) is -0.190. The molecule has 2 amide bonds. The standard InChI is InChI=1S/C15H14N2O4/c16-15(20)21-13-4-2-1-3-12(13)17-14(19)11-7-5-10(9-18)6-8-11/h1-8,18H,9H2,(H2,16,20)(H,17,19). The minimum atomic E-state index is -0.955. The highest BCUT2D eigenvalue weighted by Crippen LogP contribution is 2.24. The van der Waals surface area contributed by atoms with E-state index in [0.29, 0.717) is 16.8 Å². The number of amides is 2. The van der Waals surface area contributed by atoms with Gasteiger partial charge in [0.05, 0.1) is 12.3 Å². The number of anilines is 1. The molecule has 0 aromatic heterocycles. The van der Waals surface area contributed by atoms with Crippen LogP contribution in [0, 0.1) is 0 Å². The number of nitrogens with two attached hydrogens (primary N) is 1. The van der Waals surface area contributed by atoms with E-state index in [9.17, 15) is 9.59 Å². The van der Waals surface area contributed by atoms with E-state index in [-0.39, 0.29) is 18.3 Å². The first kappa shape index (κ1) is 14.5. The number of rotatable bonds is 4. The van der Waals surface area contributed by atoms with E-state index in [0.717, 1.165) is 0 Å². The van der Waals surface area contributed by atoms with Crippen molar-refractivity contribution in [3.05, 3.63) is 59.7 Å². The van der Waals surface area contributed by atoms with Crippen molar-refractivity contribution in [3.8, 4) is 5.75 Å². The second-order valence-corrected chi connectivity index (χ2v) is 4.23. The third-order valence-electron chi connectivity index (χ3n) is 2.74. The molecule has 0 saturated heterocycles. The topological polar surface area (TPSA) is 102 Å². The molecular weight excluding hydrogens is 272 g/mol. The molecule has 0 aliphatic carbocycles. The van der Waals surface area contributed by atoms with Crippen molar-refractivity contribution in [1.29, 1.82) is 0 Å². The molecule has 0 unspecified atom stereocenters. The lowest BCUT2D eigenvalue weighted by atomic mass is 10.1. The number of primary amides is 1. The van der Waals surface area contributed by atoms with E-state index in [1.165, 1.54) is 6.07 Å². The second-order valence-electron chi connectivity index (χ2n) is 4.23. The highest BCUT2D eigenvalue weighted by atomic mass is 16.5. The van der Waals surface area contributed by atoms with E-state index in [1.807, 2.05) is 0 Å². The van der Waals surface area contributed by atoms with E-state index >= 15 is 0 Å². The molecule has 0 aliphatic heterocycles. The molecule has 2 aromatic carbocycles. The van der Waals surface area contributed by atoms with Gasteiger partial charge < -0.3 is 20.9 Å². The molecule has 6 nitrogen and oxygen atoms in total. The van der Waals surface area contributed by atoms with E-state index < -0.39 is 6.09 Å². The van der Waals surface area contributed by atoms with Gasteiger partial charge in [0.1, 0.15) is 0 Å². The molecule has 6 heteroatoms. The van der Waals surface area contributed by atoms with Gasteiger partial charge in [0.2, 0.25) is 0 Å². The van der Waals surface area contributed by atoms with Crippen LogP contribution in [-0.2, 0) is 6.61 Å². The van der Waals surface area contributed by atoms with Crippen LogP contribution >= 0.6 is 0 Å². The predicted molar refractivity (Wildman–Crippen MR) is 77.0 cm³/mol. The van der Waals surface area contributed by atoms with E-state index in [4.69, 9.17) is 15.6 Å². The van der Waals surface area contributed by atoms with Gasteiger partial charge in [-0.3, -0.25) is 4.79 Å². The summed E-state index contributed by atoms with van der Waals surface area (Å²) in [6.45, 7) is -0.0861. The van der Waals surface area contributed by atoms with Crippen molar-refractivity contribution < 1.29 is 19.4 Å². The fourth-order valence-electron chi connectivity index (χ4n) is 1.72. The van der Waals surface area contributed by atoms with Crippen molar-refractivity contribution in [2.24, 2.45) is 5.73 Å².